The summed E-state index contributed by atoms with van der Waals surface area (Å²) in [5, 5.41) is 5.62. The zero-order chi connectivity index (χ0) is 24.5. The summed E-state index contributed by atoms with van der Waals surface area (Å²) in [4.78, 5) is 48.0. The minimum Gasteiger partial charge on any atom is -0.460 e. The van der Waals surface area contributed by atoms with Crippen LogP contribution >= 0.6 is 0 Å². The smallest absolute Gasteiger partial charge is 0.333 e. The number of esters is 2. The van der Waals surface area contributed by atoms with Gasteiger partial charge in [0.05, 0.1) is 13.1 Å². The van der Waals surface area contributed by atoms with Crippen LogP contribution in [0, 0.1) is 16.7 Å². The molecule has 0 aromatic carbocycles. The second kappa shape index (κ2) is 11.8. The average molecular weight is 451 g/mol. The van der Waals surface area contributed by atoms with Crippen LogP contribution in [0.5, 0.6) is 0 Å². The van der Waals surface area contributed by atoms with E-state index in [2.05, 4.69) is 37.6 Å². The number of carbonyl (C=O) groups excluding carboxylic acids is 4. The van der Waals surface area contributed by atoms with E-state index in [0.717, 1.165) is 12.8 Å². The van der Waals surface area contributed by atoms with Crippen molar-refractivity contribution in [1.82, 2.24) is 10.6 Å². The maximum absolute atomic E-state index is 12.7. The van der Waals surface area contributed by atoms with Crippen LogP contribution in [-0.4, -0.2) is 50.1 Å². The molecule has 1 aliphatic rings. The summed E-state index contributed by atoms with van der Waals surface area (Å²) in [6.45, 7) is 17.0. The van der Waals surface area contributed by atoms with E-state index in [1.165, 1.54) is 0 Å². The molecule has 2 amide bonds. The molecule has 0 heterocycles. The van der Waals surface area contributed by atoms with Crippen molar-refractivity contribution >= 4 is 23.8 Å². The molecule has 8 nitrogen and oxygen atoms in total. The number of hydrogen-bond acceptors (Lipinski definition) is 6. The summed E-state index contributed by atoms with van der Waals surface area (Å²) in [6, 6.07) is 0. The fourth-order valence-corrected chi connectivity index (χ4v) is 4.45. The highest BCUT2D eigenvalue weighted by Gasteiger charge is 2.44. The van der Waals surface area contributed by atoms with E-state index in [1.54, 1.807) is 13.8 Å². The van der Waals surface area contributed by atoms with E-state index < -0.39 is 11.9 Å². The van der Waals surface area contributed by atoms with E-state index >= 15 is 0 Å². The summed E-state index contributed by atoms with van der Waals surface area (Å²) in [5.74, 6) is -1.43. The van der Waals surface area contributed by atoms with Gasteiger partial charge in [-0.1, -0.05) is 33.9 Å². The van der Waals surface area contributed by atoms with Gasteiger partial charge in [0.15, 0.2) is 0 Å². The molecule has 1 saturated carbocycles. The van der Waals surface area contributed by atoms with E-state index in [9.17, 15) is 19.2 Å². The van der Waals surface area contributed by atoms with E-state index in [-0.39, 0.29) is 61.3 Å². The molecule has 0 aromatic heterocycles. The van der Waals surface area contributed by atoms with Crippen LogP contribution in [0.15, 0.2) is 24.3 Å². The first kappa shape index (κ1) is 27.4. The summed E-state index contributed by atoms with van der Waals surface area (Å²) in [7, 11) is 0. The zero-order valence-corrected chi connectivity index (χ0v) is 20.1. The lowest BCUT2D eigenvalue weighted by Crippen LogP contribution is -2.45. The molecule has 2 N–H and O–H groups in total. The molecule has 1 fully saturated rings. The van der Waals surface area contributed by atoms with Gasteiger partial charge in [-0.05, 0) is 43.9 Å². The molecule has 2 unspecified atom stereocenters. The lowest BCUT2D eigenvalue weighted by atomic mass is 9.59. The predicted octanol–water partition coefficient (Wildman–Crippen LogP) is 2.68. The topological polar surface area (TPSA) is 111 Å². The van der Waals surface area contributed by atoms with Gasteiger partial charge in [0.25, 0.3) is 0 Å². The number of ether oxygens (including phenoxy) is 2. The van der Waals surface area contributed by atoms with Gasteiger partial charge in [0.2, 0.25) is 11.8 Å². The maximum Gasteiger partial charge on any atom is 0.333 e. The van der Waals surface area contributed by atoms with Gasteiger partial charge in [0, 0.05) is 23.5 Å². The van der Waals surface area contributed by atoms with Crippen molar-refractivity contribution in [3.05, 3.63) is 24.3 Å². The molecule has 0 spiro atoms. The molecular weight excluding hydrogens is 412 g/mol. The molecular formula is C24H38N2O6. The Morgan fingerprint density at radius 3 is 1.88 bits per heavy atom. The highest BCUT2D eigenvalue weighted by atomic mass is 16.5. The number of hydrogen-bond donors (Lipinski definition) is 2. The van der Waals surface area contributed by atoms with Crippen LogP contribution in [0.3, 0.4) is 0 Å². The SMILES string of the molecule is C=C(C)C(=O)OCCNC(=O)CC1(C)CC(C(=O)NCCOC(=O)C(=C)C)CC(C)(C)C1. The zero-order valence-electron chi connectivity index (χ0n) is 20.1. The molecule has 180 valence electrons. The number of carbonyl (C=O) groups is 4. The summed E-state index contributed by atoms with van der Waals surface area (Å²) >= 11 is 0. The minimum absolute atomic E-state index is 0.0840. The number of rotatable bonds is 11. The largest absolute Gasteiger partial charge is 0.460 e. The van der Waals surface area contributed by atoms with Gasteiger partial charge in [-0.2, -0.15) is 0 Å². The van der Waals surface area contributed by atoms with Crippen molar-refractivity contribution < 1.29 is 28.7 Å². The van der Waals surface area contributed by atoms with Crippen molar-refractivity contribution in [1.29, 1.82) is 0 Å². The normalized spacial score (nSPS) is 21.7. The Kier molecular flexibility index (Phi) is 10.1. The van der Waals surface area contributed by atoms with Gasteiger partial charge in [-0.25, -0.2) is 9.59 Å². The highest BCUT2D eigenvalue weighted by Crippen LogP contribution is 2.50. The number of nitrogens with one attached hydrogen (secondary N) is 2. The first-order valence-electron chi connectivity index (χ1n) is 10.9. The molecule has 0 aliphatic heterocycles. The van der Waals surface area contributed by atoms with Crippen LogP contribution in [0.1, 0.15) is 60.3 Å². The Morgan fingerprint density at radius 1 is 0.875 bits per heavy atom. The standard InChI is InChI=1S/C24H38N2O6/c1-16(2)21(29)31-10-8-25-19(27)14-24(7)13-18(12-23(5,6)15-24)20(28)26-9-11-32-22(30)17(3)4/h18H,1,3,8-15H2,2,4-7H3,(H,25,27)(H,26,28). The van der Waals surface area contributed by atoms with Crippen molar-refractivity contribution in [2.75, 3.05) is 26.3 Å². The van der Waals surface area contributed by atoms with Crippen molar-refractivity contribution in [3.63, 3.8) is 0 Å². The van der Waals surface area contributed by atoms with Crippen LogP contribution in [0.25, 0.3) is 0 Å². The Bertz CT molecular complexity index is 758. The van der Waals surface area contributed by atoms with Gasteiger partial charge >= 0.3 is 11.9 Å². The molecule has 1 rings (SSSR count). The minimum atomic E-state index is -0.483. The Labute approximate surface area is 191 Å². The van der Waals surface area contributed by atoms with Gasteiger partial charge in [-0.3, -0.25) is 9.59 Å². The van der Waals surface area contributed by atoms with Crippen molar-refractivity contribution in [2.45, 2.75) is 60.3 Å². The van der Waals surface area contributed by atoms with Crippen molar-refractivity contribution in [2.24, 2.45) is 16.7 Å². The third-order valence-corrected chi connectivity index (χ3v) is 5.39. The molecule has 0 aromatic rings. The third kappa shape index (κ3) is 9.66. The van der Waals surface area contributed by atoms with Gasteiger partial charge in [0.1, 0.15) is 13.2 Å². The quantitative estimate of drug-likeness (QED) is 0.284. The van der Waals surface area contributed by atoms with Gasteiger partial charge < -0.3 is 20.1 Å². The Hall–Kier alpha value is -2.64. The summed E-state index contributed by atoms with van der Waals surface area (Å²) in [6.07, 6.45) is 2.41. The van der Waals surface area contributed by atoms with Crippen LogP contribution in [0.4, 0.5) is 0 Å². The predicted molar refractivity (Wildman–Crippen MR) is 121 cm³/mol. The Morgan fingerprint density at radius 2 is 1.38 bits per heavy atom. The first-order chi connectivity index (χ1) is 14.7. The van der Waals surface area contributed by atoms with Crippen molar-refractivity contribution in [3.8, 4) is 0 Å². The third-order valence-electron chi connectivity index (χ3n) is 5.39. The van der Waals surface area contributed by atoms with Crippen LogP contribution < -0.4 is 10.6 Å². The van der Waals surface area contributed by atoms with Gasteiger partial charge in [-0.15, -0.1) is 0 Å². The fourth-order valence-electron chi connectivity index (χ4n) is 4.45. The van der Waals surface area contributed by atoms with E-state index in [4.69, 9.17) is 9.47 Å². The first-order valence-corrected chi connectivity index (χ1v) is 10.9. The maximum atomic E-state index is 12.7. The Balaban J connectivity index is 2.55. The van der Waals surface area contributed by atoms with Crippen LogP contribution in [-0.2, 0) is 28.7 Å². The summed E-state index contributed by atoms with van der Waals surface area (Å²) in [5.41, 5.74) is 0.188. The molecule has 0 saturated heterocycles. The molecule has 32 heavy (non-hydrogen) atoms. The molecule has 2 atom stereocenters. The fraction of sp³-hybridized carbons (Fsp3) is 0.667. The highest BCUT2D eigenvalue weighted by molar-refractivity contribution is 5.87. The molecule has 1 aliphatic carbocycles. The molecule has 8 heteroatoms. The summed E-state index contributed by atoms with van der Waals surface area (Å²) < 4.78 is 9.99. The molecule has 0 bridgehead atoms. The lowest BCUT2D eigenvalue weighted by molar-refractivity contribution is -0.140. The number of amides is 2. The molecule has 0 radical (unpaired) electrons. The second-order valence-electron chi connectivity index (χ2n) is 9.91. The second-order valence-corrected chi connectivity index (χ2v) is 9.91. The van der Waals surface area contributed by atoms with Crippen LogP contribution in [0.2, 0.25) is 0 Å². The van der Waals surface area contributed by atoms with E-state index in [1.807, 2.05) is 6.92 Å². The van der Waals surface area contributed by atoms with E-state index in [0.29, 0.717) is 17.6 Å². The monoisotopic (exact) mass is 450 g/mol. The lowest BCUT2D eigenvalue weighted by Gasteiger charge is -2.46. The average Bonchev–Trinajstić information content (AvgIpc) is 2.65.